The number of aromatic nitrogens is 4. The number of hydrogen-bond acceptors (Lipinski definition) is 13. The van der Waals surface area contributed by atoms with Crippen LogP contribution in [0.2, 0.25) is 0 Å². The molecule has 3 aromatic heterocycles. The number of ether oxygens (including phenoxy) is 2. The zero-order valence-electron chi connectivity index (χ0n) is 40.5. The summed E-state index contributed by atoms with van der Waals surface area (Å²) in [6, 6.07) is 20.5. The lowest BCUT2D eigenvalue weighted by atomic mass is 9.85. The van der Waals surface area contributed by atoms with Gasteiger partial charge in [0, 0.05) is 29.0 Å². The molecule has 0 unspecified atom stereocenters. The number of nitrogens with one attached hydrogen (secondary N) is 2. The number of aliphatic hydroxyl groups is 1. The number of carbonyl (C=O) groups excluding carboxylic acids is 4. The summed E-state index contributed by atoms with van der Waals surface area (Å²) in [7, 11) is 1.36. The fourth-order valence-corrected chi connectivity index (χ4v) is 10.9. The summed E-state index contributed by atoms with van der Waals surface area (Å²) in [6.45, 7) is 17.0. The van der Waals surface area contributed by atoms with Crippen molar-refractivity contribution < 1.29 is 33.8 Å². The minimum Gasteiger partial charge on any atom is -0.481 e. The molecule has 15 nitrogen and oxygen atoms in total. The molecule has 8 rings (SSSR count). The number of amides is 3. The molecule has 0 aliphatic carbocycles. The van der Waals surface area contributed by atoms with Crippen molar-refractivity contribution in [3.05, 3.63) is 123 Å². The molecular formula is C52H58N8O7S2. The number of carbonyl (C=O) groups is 4. The molecule has 2 aliphatic heterocycles. The van der Waals surface area contributed by atoms with Gasteiger partial charge in [0.1, 0.15) is 34.7 Å². The number of hydrogen-bond donors (Lipinski definition) is 3. The van der Waals surface area contributed by atoms with Crippen LogP contribution in [-0.2, 0) is 23.9 Å². The first-order valence-corrected chi connectivity index (χ1v) is 24.7. The molecule has 5 heterocycles. The molecule has 1 fully saturated rings. The summed E-state index contributed by atoms with van der Waals surface area (Å²) in [5.41, 5.74) is 9.55. The monoisotopic (exact) mass is 970 g/mol. The van der Waals surface area contributed by atoms with Gasteiger partial charge in [0.25, 0.3) is 5.91 Å². The highest BCUT2D eigenvalue weighted by Crippen LogP contribution is 2.40. The highest BCUT2D eigenvalue weighted by atomic mass is 32.1. The molecule has 3 N–H and O–H groups in total. The van der Waals surface area contributed by atoms with E-state index in [1.54, 1.807) is 41.7 Å². The Kier molecular flexibility index (Phi) is 14.0. The van der Waals surface area contributed by atoms with Crippen LogP contribution in [0.5, 0.6) is 5.75 Å². The Hall–Kier alpha value is -6.56. The number of benzene rings is 3. The van der Waals surface area contributed by atoms with Gasteiger partial charge >= 0.3 is 5.97 Å². The first-order chi connectivity index (χ1) is 32.8. The van der Waals surface area contributed by atoms with Crippen LogP contribution in [0.25, 0.3) is 26.6 Å². The van der Waals surface area contributed by atoms with Crippen LogP contribution < -0.4 is 15.4 Å². The SMILES string of the molecule is COC(=O)C[C@@H]1N=C(c2ccc(-c3ccc(O[C@@H](C)C(=O)N[C@H](C(=O)N4C[C@H](O)C[C@H]4C(=O)N[C@@H](C)c4ccc(-c5scnc5C)cc4)C(C)(C)C)cc3)cc2)c2c(sc(C)c2C)-n2c(C)nnc21. The van der Waals surface area contributed by atoms with Crippen molar-refractivity contribution in [1.82, 2.24) is 35.3 Å². The number of aliphatic hydroxyl groups excluding tert-OH is 1. The Balaban J connectivity index is 0.921. The predicted molar refractivity (Wildman–Crippen MR) is 267 cm³/mol. The maximum absolute atomic E-state index is 14.3. The zero-order valence-corrected chi connectivity index (χ0v) is 42.1. The van der Waals surface area contributed by atoms with E-state index >= 15 is 0 Å². The van der Waals surface area contributed by atoms with E-state index in [4.69, 9.17) is 14.5 Å². The second-order valence-electron chi connectivity index (χ2n) is 18.9. The van der Waals surface area contributed by atoms with Crippen molar-refractivity contribution >= 4 is 52.1 Å². The Morgan fingerprint density at radius 1 is 0.870 bits per heavy atom. The number of methoxy groups -OCH3 is 1. The van der Waals surface area contributed by atoms with Crippen LogP contribution in [-0.4, -0.2) is 97.1 Å². The van der Waals surface area contributed by atoms with E-state index in [1.165, 1.54) is 12.0 Å². The Morgan fingerprint density at radius 3 is 2.13 bits per heavy atom. The summed E-state index contributed by atoms with van der Waals surface area (Å²) < 4.78 is 13.1. The van der Waals surface area contributed by atoms with E-state index in [0.717, 1.165) is 65.1 Å². The van der Waals surface area contributed by atoms with Gasteiger partial charge in [-0.1, -0.05) is 81.4 Å². The van der Waals surface area contributed by atoms with Crippen molar-refractivity contribution in [3.63, 3.8) is 0 Å². The van der Waals surface area contributed by atoms with Gasteiger partial charge in [-0.3, -0.25) is 28.7 Å². The summed E-state index contributed by atoms with van der Waals surface area (Å²) in [4.78, 5) is 67.6. The predicted octanol–water partition coefficient (Wildman–Crippen LogP) is 7.95. The van der Waals surface area contributed by atoms with Crippen LogP contribution in [0.3, 0.4) is 0 Å². The number of rotatable bonds is 13. The summed E-state index contributed by atoms with van der Waals surface area (Å²) in [6.07, 6.45) is -1.78. The fraction of sp³-hybridized carbons (Fsp3) is 0.385. The van der Waals surface area contributed by atoms with Crippen LogP contribution in [0.1, 0.15) is 104 Å². The number of likely N-dealkylation sites (tertiary alicyclic amines) is 1. The average Bonchev–Trinajstić information content (AvgIpc) is 4.09. The van der Waals surface area contributed by atoms with Gasteiger partial charge in [-0.25, -0.2) is 4.98 Å². The summed E-state index contributed by atoms with van der Waals surface area (Å²) >= 11 is 3.22. The molecule has 17 heteroatoms. The quantitative estimate of drug-likeness (QED) is 0.0958. The standard InChI is InChI=1S/C52H58N8O7S2/c1-27-31(5)69-51-43(27)44(55-40(24-42(62)66-10)47-58-57-32(6)60(47)51)36-15-13-34(14-16-36)35-19-21-39(22-20-35)67-30(4)48(63)56-46(52(7,8)9)50(65)59-25-38(61)23-41(59)49(64)54-28(2)33-11-17-37(18-12-33)45-29(3)53-26-68-45/h11-22,26,28,30,38,40-41,46,61H,23-25H2,1-10H3,(H,54,64)(H,56,63)/t28-,30-,38+,40-,41-,46+/m0/s1. The van der Waals surface area contributed by atoms with Crippen LogP contribution >= 0.6 is 22.7 Å². The zero-order chi connectivity index (χ0) is 49.5. The van der Waals surface area contributed by atoms with Crippen molar-refractivity contribution in [2.45, 2.75) is 112 Å². The Morgan fingerprint density at radius 2 is 1.51 bits per heavy atom. The van der Waals surface area contributed by atoms with E-state index in [1.807, 2.05) is 112 Å². The largest absolute Gasteiger partial charge is 0.481 e. The number of fused-ring (bicyclic) bond motifs is 3. The molecule has 6 aromatic rings. The summed E-state index contributed by atoms with van der Waals surface area (Å²) in [5.74, 6) is 0.0299. The third-order valence-corrected chi connectivity index (χ3v) is 15.1. The molecule has 360 valence electrons. The topological polar surface area (TPSA) is 190 Å². The first kappa shape index (κ1) is 48.9. The maximum Gasteiger partial charge on any atom is 0.308 e. The minimum atomic E-state index is -1.02. The van der Waals surface area contributed by atoms with Gasteiger partial charge in [-0.2, -0.15) is 0 Å². The number of thiophene rings is 1. The number of thiazole rings is 1. The van der Waals surface area contributed by atoms with Crippen molar-refractivity contribution in [1.29, 1.82) is 0 Å². The van der Waals surface area contributed by atoms with Crippen molar-refractivity contribution in [2.24, 2.45) is 10.4 Å². The van der Waals surface area contributed by atoms with E-state index in [-0.39, 0.29) is 31.3 Å². The molecule has 3 amide bonds. The summed E-state index contributed by atoms with van der Waals surface area (Å²) in [5, 5.41) is 26.5. The molecule has 0 spiro atoms. The molecular weight excluding hydrogens is 913 g/mol. The lowest BCUT2D eigenvalue weighted by molar-refractivity contribution is -0.145. The van der Waals surface area contributed by atoms with Crippen LogP contribution in [0.4, 0.5) is 0 Å². The molecule has 6 atom stereocenters. The van der Waals surface area contributed by atoms with Crippen LogP contribution in [0, 0.1) is 33.1 Å². The molecule has 0 saturated carbocycles. The number of aliphatic imine (C=N–C) groups is 1. The number of aryl methyl sites for hydroxylation is 3. The van der Waals surface area contributed by atoms with E-state index < -0.39 is 53.5 Å². The first-order valence-electron chi connectivity index (χ1n) is 23.0. The normalized spacial score (nSPS) is 18.0. The Labute approximate surface area is 410 Å². The molecule has 3 aromatic carbocycles. The molecule has 0 bridgehead atoms. The van der Waals surface area contributed by atoms with Gasteiger partial charge in [-0.15, -0.1) is 32.9 Å². The second kappa shape index (κ2) is 19.8. The third kappa shape index (κ3) is 10.1. The Bertz CT molecular complexity index is 2910. The highest BCUT2D eigenvalue weighted by Gasteiger charge is 2.45. The van der Waals surface area contributed by atoms with E-state index in [0.29, 0.717) is 17.4 Å². The number of nitrogens with zero attached hydrogens (tertiary/aromatic N) is 6. The van der Waals surface area contributed by atoms with Gasteiger partial charge in [-0.05, 0) is 86.9 Å². The number of β-amino-alcohol motifs (C(OH)–C–C–N with tert-alkyl or cyclic N) is 1. The maximum atomic E-state index is 14.3. The van der Waals surface area contributed by atoms with Gasteiger partial charge in [0.05, 0.1) is 47.5 Å². The molecule has 2 aliphatic rings. The smallest absolute Gasteiger partial charge is 0.308 e. The molecule has 69 heavy (non-hydrogen) atoms. The van der Waals surface area contributed by atoms with E-state index in [9.17, 15) is 24.3 Å². The van der Waals surface area contributed by atoms with E-state index in [2.05, 4.69) is 39.7 Å². The molecule has 0 radical (unpaired) electrons. The number of esters is 1. The average molecular weight is 971 g/mol. The lowest BCUT2D eigenvalue weighted by Crippen LogP contribution is -2.59. The lowest BCUT2D eigenvalue weighted by Gasteiger charge is -2.36. The van der Waals surface area contributed by atoms with Crippen molar-refractivity contribution in [3.8, 4) is 32.3 Å². The van der Waals surface area contributed by atoms with Gasteiger partial charge in [0.2, 0.25) is 11.8 Å². The minimum absolute atomic E-state index is 0.0174. The molecule has 1 saturated heterocycles. The van der Waals surface area contributed by atoms with Gasteiger partial charge < -0.3 is 30.1 Å². The highest BCUT2D eigenvalue weighted by molar-refractivity contribution is 7.15. The van der Waals surface area contributed by atoms with Crippen molar-refractivity contribution in [2.75, 3.05) is 13.7 Å². The fourth-order valence-electron chi connectivity index (χ4n) is 8.85. The third-order valence-electron chi connectivity index (χ3n) is 12.9. The van der Waals surface area contributed by atoms with Crippen LogP contribution in [0.15, 0.2) is 83.3 Å². The van der Waals surface area contributed by atoms with Gasteiger partial charge in [0.15, 0.2) is 11.9 Å². The second-order valence-corrected chi connectivity index (χ2v) is 20.9.